The van der Waals surface area contributed by atoms with Crippen LogP contribution in [-0.4, -0.2) is 16.1 Å². The van der Waals surface area contributed by atoms with Crippen LogP contribution in [0, 0.1) is 5.41 Å². The highest BCUT2D eigenvalue weighted by molar-refractivity contribution is 5.74. The van der Waals surface area contributed by atoms with Gasteiger partial charge in [0.05, 0.1) is 5.41 Å². The standard InChI is InChI=1S/C13H19NO2/c1-3-13(4-2,12(15)16)8-5-11-6-9-14-10-7-11/h6-7,9-10H,3-5,8H2,1-2H3,(H,15,16). The van der Waals surface area contributed by atoms with Gasteiger partial charge >= 0.3 is 5.97 Å². The number of hydrogen-bond donors (Lipinski definition) is 1. The summed E-state index contributed by atoms with van der Waals surface area (Å²) < 4.78 is 0. The van der Waals surface area contributed by atoms with Crippen molar-refractivity contribution in [3.63, 3.8) is 0 Å². The van der Waals surface area contributed by atoms with Crippen LogP contribution < -0.4 is 0 Å². The van der Waals surface area contributed by atoms with E-state index in [9.17, 15) is 9.90 Å². The number of aromatic nitrogens is 1. The third-order valence-electron chi connectivity index (χ3n) is 3.45. The van der Waals surface area contributed by atoms with Crippen molar-refractivity contribution in [1.82, 2.24) is 4.98 Å². The maximum atomic E-state index is 11.3. The van der Waals surface area contributed by atoms with Crippen molar-refractivity contribution in [1.29, 1.82) is 0 Å². The molecule has 0 atom stereocenters. The Morgan fingerprint density at radius 1 is 1.31 bits per heavy atom. The van der Waals surface area contributed by atoms with Crippen molar-refractivity contribution >= 4 is 5.97 Å². The van der Waals surface area contributed by atoms with Gasteiger partial charge in [-0.1, -0.05) is 13.8 Å². The summed E-state index contributed by atoms with van der Waals surface area (Å²) in [6.45, 7) is 3.90. The van der Waals surface area contributed by atoms with E-state index < -0.39 is 11.4 Å². The van der Waals surface area contributed by atoms with Crippen LogP contribution in [0.5, 0.6) is 0 Å². The molecule has 0 bridgehead atoms. The van der Waals surface area contributed by atoms with E-state index in [0.29, 0.717) is 19.3 Å². The zero-order valence-electron chi connectivity index (χ0n) is 9.94. The lowest BCUT2D eigenvalue weighted by Crippen LogP contribution is -2.30. The van der Waals surface area contributed by atoms with Crippen molar-refractivity contribution in [2.24, 2.45) is 5.41 Å². The molecule has 1 N–H and O–H groups in total. The summed E-state index contributed by atoms with van der Waals surface area (Å²) in [5, 5.41) is 9.29. The normalized spacial score (nSPS) is 11.4. The SMILES string of the molecule is CCC(CC)(CCc1ccncc1)C(=O)O. The predicted octanol–water partition coefficient (Wildman–Crippen LogP) is 2.91. The third-order valence-corrected chi connectivity index (χ3v) is 3.45. The fraction of sp³-hybridized carbons (Fsp3) is 0.538. The van der Waals surface area contributed by atoms with Crippen molar-refractivity contribution in [3.05, 3.63) is 30.1 Å². The fourth-order valence-corrected chi connectivity index (χ4v) is 1.95. The van der Waals surface area contributed by atoms with E-state index in [1.54, 1.807) is 12.4 Å². The van der Waals surface area contributed by atoms with Gasteiger partial charge in [0.1, 0.15) is 0 Å². The van der Waals surface area contributed by atoms with Crippen LogP contribution in [-0.2, 0) is 11.2 Å². The van der Waals surface area contributed by atoms with Gasteiger partial charge < -0.3 is 5.11 Å². The number of carbonyl (C=O) groups is 1. The van der Waals surface area contributed by atoms with Gasteiger partial charge in [0.2, 0.25) is 0 Å². The molecule has 0 aliphatic carbocycles. The van der Waals surface area contributed by atoms with E-state index >= 15 is 0 Å². The number of aliphatic carboxylic acids is 1. The first-order valence-electron chi connectivity index (χ1n) is 5.77. The molecule has 1 rings (SSSR count). The zero-order valence-corrected chi connectivity index (χ0v) is 9.94. The van der Waals surface area contributed by atoms with Crippen LogP contribution in [0.4, 0.5) is 0 Å². The molecule has 0 spiro atoms. The molecule has 88 valence electrons. The number of aryl methyl sites for hydroxylation is 1. The minimum absolute atomic E-state index is 0.566. The van der Waals surface area contributed by atoms with Gasteiger partial charge in [-0.05, 0) is 43.4 Å². The molecule has 0 saturated heterocycles. The number of pyridine rings is 1. The van der Waals surface area contributed by atoms with E-state index in [2.05, 4.69) is 4.98 Å². The highest BCUT2D eigenvalue weighted by atomic mass is 16.4. The molecular weight excluding hydrogens is 202 g/mol. The maximum Gasteiger partial charge on any atom is 0.309 e. The molecule has 0 saturated carbocycles. The average Bonchev–Trinajstić information content (AvgIpc) is 2.32. The van der Waals surface area contributed by atoms with Crippen molar-refractivity contribution in [3.8, 4) is 0 Å². The third kappa shape index (κ3) is 2.81. The number of hydrogen-bond acceptors (Lipinski definition) is 2. The van der Waals surface area contributed by atoms with E-state index in [4.69, 9.17) is 0 Å². The van der Waals surface area contributed by atoms with Gasteiger partial charge in [-0.3, -0.25) is 9.78 Å². The molecule has 0 aliphatic rings. The van der Waals surface area contributed by atoms with E-state index in [0.717, 1.165) is 12.0 Å². The summed E-state index contributed by atoms with van der Waals surface area (Å²) in [5.74, 6) is -0.674. The quantitative estimate of drug-likeness (QED) is 0.803. The van der Waals surface area contributed by atoms with Crippen molar-refractivity contribution in [2.45, 2.75) is 39.5 Å². The molecule has 3 nitrogen and oxygen atoms in total. The van der Waals surface area contributed by atoms with Gasteiger partial charge in [-0.2, -0.15) is 0 Å². The molecule has 0 aliphatic heterocycles. The number of rotatable bonds is 6. The zero-order chi connectivity index (χ0) is 12.0. The van der Waals surface area contributed by atoms with Gasteiger partial charge in [-0.25, -0.2) is 0 Å². The molecule has 0 radical (unpaired) electrons. The maximum absolute atomic E-state index is 11.3. The lowest BCUT2D eigenvalue weighted by atomic mass is 9.77. The summed E-state index contributed by atoms with van der Waals surface area (Å²) in [6, 6.07) is 3.88. The second-order valence-electron chi connectivity index (χ2n) is 4.15. The molecule has 16 heavy (non-hydrogen) atoms. The van der Waals surface area contributed by atoms with Gasteiger partial charge in [0.25, 0.3) is 0 Å². The topological polar surface area (TPSA) is 50.2 Å². The largest absolute Gasteiger partial charge is 0.481 e. The lowest BCUT2D eigenvalue weighted by molar-refractivity contribution is -0.149. The number of carboxylic acid groups (broad SMARTS) is 1. The van der Waals surface area contributed by atoms with Crippen molar-refractivity contribution in [2.75, 3.05) is 0 Å². The smallest absolute Gasteiger partial charge is 0.309 e. The summed E-state index contributed by atoms with van der Waals surface area (Å²) in [5.41, 5.74) is 0.589. The fourth-order valence-electron chi connectivity index (χ4n) is 1.95. The summed E-state index contributed by atoms with van der Waals surface area (Å²) in [7, 11) is 0. The van der Waals surface area contributed by atoms with E-state index in [1.807, 2.05) is 26.0 Å². The molecule has 0 aromatic carbocycles. The Morgan fingerprint density at radius 2 is 1.88 bits per heavy atom. The second kappa shape index (κ2) is 5.64. The number of carboxylic acids is 1. The lowest BCUT2D eigenvalue weighted by Gasteiger charge is -2.26. The van der Waals surface area contributed by atoms with Gasteiger partial charge in [0, 0.05) is 12.4 Å². The first kappa shape index (κ1) is 12.7. The van der Waals surface area contributed by atoms with E-state index in [-0.39, 0.29) is 0 Å². The van der Waals surface area contributed by atoms with Crippen LogP contribution in [0.1, 0.15) is 38.7 Å². The van der Waals surface area contributed by atoms with E-state index in [1.165, 1.54) is 0 Å². The Labute approximate surface area is 96.5 Å². The van der Waals surface area contributed by atoms with Crippen LogP contribution in [0.15, 0.2) is 24.5 Å². The van der Waals surface area contributed by atoms with Crippen LogP contribution in [0.25, 0.3) is 0 Å². The number of nitrogens with zero attached hydrogens (tertiary/aromatic N) is 1. The summed E-state index contributed by atoms with van der Waals surface area (Å²) in [4.78, 5) is 15.2. The Bertz CT molecular complexity index is 331. The minimum Gasteiger partial charge on any atom is -0.481 e. The summed E-state index contributed by atoms with van der Waals surface area (Å²) in [6.07, 6.45) is 6.36. The summed E-state index contributed by atoms with van der Waals surface area (Å²) >= 11 is 0. The minimum atomic E-state index is -0.674. The predicted molar refractivity (Wildman–Crippen MR) is 63.2 cm³/mol. The van der Waals surface area contributed by atoms with Crippen LogP contribution >= 0.6 is 0 Å². The Kier molecular flexibility index (Phi) is 4.47. The highest BCUT2D eigenvalue weighted by Gasteiger charge is 2.33. The molecule has 1 aromatic heterocycles. The Balaban J connectivity index is 2.67. The van der Waals surface area contributed by atoms with Crippen LogP contribution in [0.2, 0.25) is 0 Å². The van der Waals surface area contributed by atoms with Crippen LogP contribution in [0.3, 0.4) is 0 Å². The van der Waals surface area contributed by atoms with Crippen molar-refractivity contribution < 1.29 is 9.90 Å². The first-order valence-corrected chi connectivity index (χ1v) is 5.77. The molecule has 1 heterocycles. The van der Waals surface area contributed by atoms with Gasteiger partial charge in [-0.15, -0.1) is 0 Å². The first-order chi connectivity index (χ1) is 7.64. The average molecular weight is 221 g/mol. The van der Waals surface area contributed by atoms with Gasteiger partial charge in [0.15, 0.2) is 0 Å². The molecule has 0 fully saturated rings. The Hall–Kier alpha value is -1.38. The molecule has 3 heteroatoms. The second-order valence-corrected chi connectivity index (χ2v) is 4.15. The highest BCUT2D eigenvalue weighted by Crippen LogP contribution is 2.32. The molecule has 0 amide bonds. The Morgan fingerprint density at radius 3 is 2.31 bits per heavy atom. The molecular formula is C13H19NO2. The molecule has 1 aromatic rings. The molecule has 0 unspecified atom stereocenters. The monoisotopic (exact) mass is 221 g/mol.